The van der Waals surface area contributed by atoms with Crippen molar-refractivity contribution in [3.63, 3.8) is 0 Å². The largest absolute Gasteiger partial charge is 0.454 e. The molecule has 0 bridgehead atoms. The van der Waals surface area contributed by atoms with Crippen LogP contribution in [-0.4, -0.2) is 24.6 Å². The predicted molar refractivity (Wildman–Crippen MR) is 96.1 cm³/mol. The minimum Gasteiger partial charge on any atom is -0.454 e. The molecule has 2 aromatic rings. The van der Waals surface area contributed by atoms with Crippen LogP contribution >= 0.6 is 0 Å². The smallest absolute Gasteiger partial charge is 0.243 e. The van der Waals surface area contributed by atoms with Gasteiger partial charge in [-0.3, -0.25) is 14.5 Å². The number of anilines is 1. The number of nitrogens with zero attached hydrogens (tertiary/aromatic N) is 1. The maximum atomic E-state index is 12.8. The van der Waals surface area contributed by atoms with E-state index in [0.717, 1.165) is 16.8 Å². The number of rotatable bonds is 4. The molecule has 0 radical (unpaired) electrons. The third-order valence-electron chi connectivity index (χ3n) is 4.75. The molecule has 134 valence electrons. The minimum absolute atomic E-state index is 0.0434. The maximum Gasteiger partial charge on any atom is 0.243 e. The van der Waals surface area contributed by atoms with Gasteiger partial charge in [0, 0.05) is 25.1 Å². The van der Waals surface area contributed by atoms with Crippen molar-refractivity contribution in [3.8, 4) is 11.5 Å². The summed E-state index contributed by atoms with van der Waals surface area (Å²) in [5.74, 6) is 1.21. The van der Waals surface area contributed by atoms with Gasteiger partial charge < -0.3 is 14.8 Å². The third kappa shape index (κ3) is 2.87. The molecule has 6 nitrogen and oxygen atoms in total. The number of hydrogen-bond donors (Lipinski definition) is 1. The molecule has 0 aromatic heterocycles. The summed E-state index contributed by atoms with van der Waals surface area (Å²) < 4.78 is 10.7. The normalized spacial score (nSPS) is 17.1. The zero-order valence-electron chi connectivity index (χ0n) is 14.5. The summed E-state index contributed by atoms with van der Waals surface area (Å²) in [6.45, 7) is 2.40. The van der Waals surface area contributed by atoms with Crippen LogP contribution in [0.15, 0.2) is 42.5 Å². The fourth-order valence-corrected chi connectivity index (χ4v) is 3.43. The highest BCUT2D eigenvalue weighted by Crippen LogP contribution is 2.34. The zero-order valence-corrected chi connectivity index (χ0v) is 14.5. The van der Waals surface area contributed by atoms with Crippen molar-refractivity contribution in [1.29, 1.82) is 0 Å². The number of para-hydroxylation sites is 1. The molecular formula is C20H20N2O4. The standard InChI is InChI=1S/C20H20N2O4/c1-2-19(23)22-15-6-4-3-5-14(15)10-16(22)20(24)21-11-13-7-8-17-18(9-13)26-12-25-17/h3-9,16H,2,10-12H2,1H3,(H,21,24)/t16-/m1/s1. The van der Waals surface area contributed by atoms with Crippen molar-refractivity contribution in [3.05, 3.63) is 53.6 Å². The number of carbonyl (C=O) groups excluding carboxylic acids is 2. The van der Waals surface area contributed by atoms with Crippen LogP contribution in [0.1, 0.15) is 24.5 Å². The van der Waals surface area contributed by atoms with Gasteiger partial charge >= 0.3 is 0 Å². The van der Waals surface area contributed by atoms with E-state index >= 15 is 0 Å². The lowest BCUT2D eigenvalue weighted by molar-refractivity contribution is -0.126. The quantitative estimate of drug-likeness (QED) is 0.917. The van der Waals surface area contributed by atoms with Crippen LogP contribution in [0.25, 0.3) is 0 Å². The Hall–Kier alpha value is -3.02. The molecule has 0 aliphatic carbocycles. The van der Waals surface area contributed by atoms with Gasteiger partial charge in [0.1, 0.15) is 6.04 Å². The number of benzene rings is 2. The zero-order chi connectivity index (χ0) is 18.1. The number of carbonyl (C=O) groups is 2. The molecule has 0 unspecified atom stereocenters. The average Bonchev–Trinajstić information content (AvgIpc) is 3.29. The molecule has 0 spiro atoms. The Balaban J connectivity index is 1.48. The Morgan fingerprint density at radius 1 is 1.15 bits per heavy atom. The second-order valence-corrected chi connectivity index (χ2v) is 6.37. The molecule has 26 heavy (non-hydrogen) atoms. The van der Waals surface area contributed by atoms with Gasteiger partial charge in [0.2, 0.25) is 18.6 Å². The highest BCUT2D eigenvalue weighted by atomic mass is 16.7. The van der Waals surface area contributed by atoms with Crippen molar-refractivity contribution in [2.75, 3.05) is 11.7 Å². The van der Waals surface area contributed by atoms with E-state index in [1.807, 2.05) is 49.4 Å². The summed E-state index contributed by atoms with van der Waals surface area (Å²) in [6.07, 6.45) is 0.898. The van der Waals surface area contributed by atoms with E-state index in [2.05, 4.69) is 5.32 Å². The number of amides is 2. The van der Waals surface area contributed by atoms with E-state index in [9.17, 15) is 9.59 Å². The predicted octanol–water partition coefficient (Wildman–Crippen LogP) is 2.40. The molecule has 2 amide bonds. The molecule has 2 aromatic carbocycles. The first-order chi connectivity index (χ1) is 12.7. The van der Waals surface area contributed by atoms with Crippen molar-refractivity contribution >= 4 is 17.5 Å². The van der Waals surface area contributed by atoms with Crippen molar-refractivity contribution in [2.45, 2.75) is 32.4 Å². The van der Waals surface area contributed by atoms with Crippen LogP contribution in [-0.2, 0) is 22.6 Å². The van der Waals surface area contributed by atoms with Gasteiger partial charge in [-0.2, -0.15) is 0 Å². The van der Waals surface area contributed by atoms with E-state index in [1.54, 1.807) is 4.90 Å². The van der Waals surface area contributed by atoms with E-state index in [4.69, 9.17) is 9.47 Å². The van der Waals surface area contributed by atoms with Gasteiger partial charge in [-0.15, -0.1) is 0 Å². The molecule has 2 heterocycles. The van der Waals surface area contributed by atoms with Crippen LogP contribution in [0, 0.1) is 0 Å². The van der Waals surface area contributed by atoms with Crippen LogP contribution in [0.3, 0.4) is 0 Å². The maximum absolute atomic E-state index is 12.8. The van der Waals surface area contributed by atoms with Crippen molar-refractivity contribution in [1.82, 2.24) is 5.32 Å². The lowest BCUT2D eigenvalue weighted by Gasteiger charge is -2.24. The van der Waals surface area contributed by atoms with Gasteiger partial charge in [-0.1, -0.05) is 31.2 Å². The Morgan fingerprint density at radius 2 is 1.96 bits per heavy atom. The van der Waals surface area contributed by atoms with E-state index in [-0.39, 0.29) is 18.6 Å². The second-order valence-electron chi connectivity index (χ2n) is 6.37. The first-order valence-corrected chi connectivity index (χ1v) is 8.73. The van der Waals surface area contributed by atoms with Crippen molar-refractivity contribution < 1.29 is 19.1 Å². The van der Waals surface area contributed by atoms with Crippen LogP contribution < -0.4 is 19.7 Å². The minimum atomic E-state index is -0.506. The molecule has 0 saturated heterocycles. The number of ether oxygens (including phenoxy) is 2. The van der Waals surface area contributed by atoms with E-state index < -0.39 is 6.04 Å². The molecule has 2 aliphatic heterocycles. The number of hydrogen-bond acceptors (Lipinski definition) is 4. The first kappa shape index (κ1) is 16.4. The fourth-order valence-electron chi connectivity index (χ4n) is 3.43. The Kier molecular flexibility index (Phi) is 4.24. The van der Waals surface area contributed by atoms with Crippen LogP contribution in [0.4, 0.5) is 5.69 Å². The van der Waals surface area contributed by atoms with Gasteiger partial charge in [0.15, 0.2) is 11.5 Å². The summed E-state index contributed by atoms with van der Waals surface area (Å²) in [4.78, 5) is 26.8. The molecule has 6 heteroatoms. The van der Waals surface area contributed by atoms with Gasteiger partial charge in [-0.25, -0.2) is 0 Å². The van der Waals surface area contributed by atoms with Gasteiger partial charge in [-0.05, 0) is 29.3 Å². The lowest BCUT2D eigenvalue weighted by Crippen LogP contribution is -2.47. The lowest BCUT2D eigenvalue weighted by atomic mass is 10.1. The molecule has 1 atom stereocenters. The summed E-state index contributed by atoms with van der Waals surface area (Å²) >= 11 is 0. The van der Waals surface area contributed by atoms with Gasteiger partial charge in [0.25, 0.3) is 0 Å². The molecule has 0 saturated carbocycles. The summed E-state index contributed by atoms with van der Waals surface area (Å²) in [5, 5.41) is 2.95. The highest BCUT2D eigenvalue weighted by molar-refractivity contribution is 6.03. The van der Waals surface area contributed by atoms with E-state index in [1.165, 1.54) is 0 Å². The SMILES string of the molecule is CCC(=O)N1c2ccccc2C[C@@H]1C(=O)NCc1ccc2c(c1)OCO2. The first-order valence-electron chi connectivity index (χ1n) is 8.73. The highest BCUT2D eigenvalue weighted by Gasteiger charge is 2.37. The topological polar surface area (TPSA) is 67.9 Å². The monoisotopic (exact) mass is 352 g/mol. The summed E-state index contributed by atoms with van der Waals surface area (Å²) in [6, 6.07) is 12.8. The average molecular weight is 352 g/mol. The van der Waals surface area contributed by atoms with Gasteiger partial charge in [0.05, 0.1) is 0 Å². The third-order valence-corrected chi connectivity index (χ3v) is 4.75. The molecule has 2 aliphatic rings. The Morgan fingerprint density at radius 3 is 2.81 bits per heavy atom. The van der Waals surface area contributed by atoms with E-state index in [0.29, 0.717) is 30.9 Å². The van der Waals surface area contributed by atoms with Crippen LogP contribution in [0.5, 0.6) is 11.5 Å². The molecular weight excluding hydrogens is 332 g/mol. The Labute approximate surface area is 151 Å². The van der Waals surface area contributed by atoms with Crippen LogP contribution in [0.2, 0.25) is 0 Å². The summed E-state index contributed by atoms with van der Waals surface area (Å²) in [5.41, 5.74) is 2.78. The second kappa shape index (κ2) is 6.71. The molecule has 1 N–H and O–H groups in total. The molecule has 0 fully saturated rings. The Bertz CT molecular complexity index is 865. The van der Waals surface area contributed by atoms with Crippen molar-refractivity contribution in [2.24, 2.45) is 0 Å². The number of nitrogens with one attached hydrogen (secondary N) is 1. The number of fused-ring (bicyclic) bond motifs is 2. The fraction of sp³-hybridized carbons (Fsp3) is 0.300. The molecule has 4 rings (SSSR count). The summed E-state index contributed by atoms with van der Waals surface area (Å²) in [7, 11) is 0.